The number of thiophene rings is 1. The Labute approximate surface area is 120 Å². The number of hydrogen-bond donors (Lipinski definition) is 2. The van der Waals surface area contributed by atoms with Crippen molar-refractivity contribution in [3.8, 4) is 0 Å². The Hall–Kier alpha value is -1.86. The molecule has 2 N–H and O–H groups in total. The van der Waals surface area contributed by atoms with Crippen molar-refractivity contribution in [3.63, 3.8) is 0 Å². The summed E-state index contributed by atoms with van der Waals surface area (Å²) in [5.41, 5.74) is 1.28. The lowest BCUT2D eigenvalue weighted by Gasteiger charge is -2.08. The van der Waals surface area contributed by atoms with Crippen LogP contribution in [-0.2, 0) is 21.2 Å². The molecule has 0 bridgehead atoms. The second-order valence-corrected chi connectivity index (χ2v) is 6.93. The third-order valence-electron chi connectivity index (χ3n) is 2.63. The number of anilines is 1. The molecule has 106 valence electrons. The van der Waals surface area contributed by atoms with Crippen LogP contribution in [0.5, 0.6) is 0 Å². The number of nitrogens with one attached hydrogen (secondary N) is 1. The molecular weight excluding hydrogens is 298 g/mol. The van der Waals surface area contributed by atoms with Gasteiger partial charge in [0.1, 0.15) is 0 Å². The summed E-state index contributed by atoms with van der Waals surface area (Å²) in [6.07, 6.45) is -0.205. The first-order chi connectivity index (χ1) is 9.38. The molecule has 0 radical (unpaired) electrons. The van der Waals surface area contributed by atoms with Gasteiger partial charge in [-0.05, 0) is 30.5 Å². The molecule has 2 aromatic rings. The maximum Gasteiger partial charge on any atom is 0.308 e. The summed E-state index contributed by atoms with van der Waals surface area (Å²) in [5, 5.41) is 10.4. The molecule has 0 unspecified atom stereocenters. The minimum atomic E-state index is -3.69. The number of rotatable bonds is 5. The number of aliphatic carboxylic acids is 1. The smallest absolute Gasteiger partial charge is 0.308 e. The molecule has 0 aliphatic heterocycles. The second-order valence-electron chi connectivity index (χ2n) is 4.25. The van der Waals surface area contributed by atoms with E-state index < -0.39 is 16.0 Å². The zero-order valence-electron chi connectivity index (χ0n) is 10.7. The van der Waals surface area contributed by atoms with Gasteiger partial charge in [-0.2, -0.15) is 0 Å². The van der Waals surface area contributed by atoms with Crippen LogP contribution in [-0.4, -0.2) is 19.5 Å². The van der Waals surface area contributed by atoms with Gasteiger partial charge in [0.15, 0.2) is 0 Å². The topological polar surface area (TPSA) is 83.5 Å². The van der Waals surface area contributed by atoms with E-state index in [1.807, 2.05) is 6.92 Å². The molecule has 0 aliphatic carbocycles. The number of aryl methyl sites for hydroxylation is 1. The number of sulfonamides is 1. The van der Waals surface area contributed by atoms with E-state index >= 15 is 0 Å². The summed E-state index contributed by atoms with van der Waals surface area (Å²) in [4.78, 5) is 11.3. The average Bonchev–Trinajstić information content (AvgIpc) is 2.75. The molecule has 0 aliphatic rings. The van der Waals surface area contributed by atoms with E-state index in [1.165, 1.54) is 23.5 Å². The van der Waals surface area contributed by atoms with E-state index in [4.69, 9.17) is 5.11 Å². The fraction of sp³-hybridized carbons (Fsp3) is 0.154. The van der Waals surface area contributed by atoms with Gasteiger partial charge in [-0.1, -0.05) is 17.7 Å². The highest BCUT2D eigenvalue weighted by Crippen LogP contribution is 2.25. The van der Waals surface area contributed by atoms with Gasteiger partial charge < -0.3 is 5.11 Å². The van der Waals surface area contributed by atoms with Crippen LogP contribution < -0.4 is 4.72 Å². The zero-order chi connectivity index (χ0) is 14.8. The predicted molar refractivity (Wildman–Crippen MR) is 77.6 cm³/mol. The quantitative estimate of drug-likeness (QED) is 0.888. The van der Waals surface area contributed by atoms with Crippen LogP contribution in [0.2, 0.25) is 0 Å². The van der Waals surface area contributed by atoms with Gasteiger partial charge in [0.25, 0.3) is 10.0 Å². The van der Waals surface area contributed by atoms with Crippen molar-refractivity contribution in [1.82, 2.24) is 0 Å². The van der Waals surface area contributed by atoms with Gasteiger partial charge >= 0.3 is 5.97 Å². The van der Waals surface area contributed by atoms with Gasteiger partial charge in [0, 0.05) is 4.88 Å². The van der Waals surface area contributed by atoms with E-state index in [0.29, 0.717) is 10.6 Å². The highest BCUT2D eigenvalue weighted by atomic mass is 32.2. The predicted octanol–water partition coefficient (Wildman–Crippen LogP) is 2.48. The van der Waals surface area contributed by atoms with Crippen LogP contribution in [0.1, 0.15) is 10.4 Å². The molecule has 0 saturated heterocycles. The zero-order valence-corrected chi connectivity index (χ0v) is 12.3. The van der Waals surface area contributed by atoms with Gasteiger partial charge in [0.05, 0.1) is 17.0 Å². The second kappa shape index (κ2) is 5.64. The normalized spacial score (nSPS) is 11.2. The van der Waals surface area contributed by atoms with Crippen LogP contribution in [0.25, 0.3) is 0 Å². The van der Waals surface area contributed by atoms with Crippen molar-refractivity contribution >= 4 is 33.0 Å². The standard InChI is InChI=1S/C13H13NO4S2/c1-9-2-4-10(5-3-9)20(17,18)14-11-6-7-19-12(11)8-13(15)16/h2-7,14H,8H2,1H3,(H,15,16). The Balaban J connectivity index is 2.27. The Bertz CT molecular complexity index is 717. The summed E-state index contributed by atoms with van der Waals surface area (Å²) >= 11 is 1.21. The van der Waals surface area contributed by atoms with Gasteiger partial charge in [0.2, 0.25) is 0 Å². The van der Waals surface area contributed by atoms with Crippen molar-refractivity contribution < 1.29 is 18.3 Å². The molecule has 0 atom stereocenters. The molecule has 1 aromatic heterocycles. The molecule has 2 rings (SSSR count). The molecule has 1 heterocycles. The molecule has 7 heteroatoms. The lowest BCUT2D eigenvalue weighted by atomic mass is 10.2. The maximum absolute atomic E-state index is 12.2. The third kappa shape index (κ3) is 3.37. The Morgan fingerprint density at radius 3 is 2.50 bits per heavy atom. The fourth-order valence-corrected chi connectivity index (χ4v) is 3.61. The molecule has 0 amide bonds. The van der Waals surface area contributed by atoms with Crippen molar-refractivity contribution in [2.24, 2.45) is 0 Å². The van der Waals surface area contributed by atoms with Gasteiger partial charge in [-0.25, -0.2) is 8.42 Å². The SMILES string of the molecule is Cc1ccc(S(=O)(=O)Nc2ccsc2CC(=O)O)cc1. The lowest BCUT2D eigenvalue weighted by Crippen LogP contribution is -2.14. The number of carboxylic acids is 1. The van der Waals surface area contributed by atoms with Crippen LogP contribution in [0.3, 0.4) is 0 Å². The summed E-state index contributed by atoms with van der Waals surface area (Å²) in [5.74, 6) is -0.997. The van der Waals surface area contributed by atoms with E-state index in [9.17, 15) is 13.2 Å². The average molecular weight is 311 g/mol. The molecular formula is C13H13NO4S2. The highest BCUT2D eigenvalue weighted by molar-refractivity contribution is 7.92. The van der Waals surface area contributed by atoms with Crippen molar-refractivity contribution in [1.29, 1.82) is 0 Å². The highest BCUT2D eigenvalue weighted by Gasteiger charge is 2.17. The molecule has 0 fully saturated rings. The Morgan fingerprint density at radius 2 is 1.90 bits per heavy atom. The Morgan fingerprint density at radius 1 is 1.25 bits per heavy atom. The van der Waals surface area contributed by atoms with E-state index in [2.05, 4.69) is 4.72 Å². The van der Waals surface area contributed by atoms with Gasteiger partial charge in [-0.3, -0.25) is 9.52 Å². The lowest BCUT2D eigenvalue weighted by molar-refractivity contribution is -0.136. The number of carboxylic acid groups (broad SMARTS) is 1. The summed E-state index contributed by atoms with van der Waals surface area (Å²) in [6.45, 7) is 1.87. The third-order valence-corrected chi connectivity index (χ3v) is 4.94. The van der Waals surface area contributed by atoms with E-state index in [0.717, 1.165) is 5.56 Å². The minimum absolute atomic E-state index is 0.149. The van der Waals surface area contributed by atoms with Crippen LogP contribution in [0.4, 0.5) is 5.69 Å². The van der Waals surface area contributed by atoms with E-state index in [1.54, 1.807) is 23.6 Å². The summed E-state index contributed by atoms with van der Waals surface area (Å²) < 4.78 is 26.8. The maximum atomic E-state index is 12.2. The van der Waals surface area contributed by atoms with Crippen LogP contribution in [0.15, 0.2) is 40.6 Å². The first-order valence-corrected chi connectivity index (χ1v) is 8.12. The summed E-state index contributed by atoms with van der Waals surface area (Å²) in [7, 11) is -3.69. The van der Waals surface area contributed by atoms with Crippen molar-refractivity contribution in [2.45, 2.75) is 18.2 Å². The molecule has 0 spiro atoms. The first-order valence-electron chi connectivity index (χ1n) is 5.76. The fourth-order valence-electron chi connectivity index (χ4n) is 1.63. The number of hydrogen-bond acceptors (Lipinski definition) is 4. The monoisotopic (exact) mass is 311 g/mol. The van der Waals surface area contributed by atoms with Gasteiger partial charge in [-0.15, -0.1) is 11.3 Å². The van der Waals surface area contributed by atoms with Crippen LogP contribution >= 0.6 is 11.3 Å². The molecule has 1 aromatic carbocycles. The molecule has 0 saturated carbocycles. The number of carbonyl (C=O) groups is 1. The van der Waals surface area contributed by atoms with Crippen molar-refractivity contribution in [3.05, 3.63) is 46.2 Å². The van der Waals surface area contributed by atoms with Crippen LogP contribution in [0, 0.1) is 6.92 Å². The molecule has 20 heavy (non-hydrogen) atoms. The molecule has 5 nitrogen and oxygen atoms in total. The van der Waals surface area contributed by atoms with Crippen molar-refractivity contribution in [2.75, 3.05) is 4.72 Å². The van der Waals surface area contributed by atoms with E-state index in [-0.39, 0.29) is 11.3 Å². The summed E-state index contributed by atoms with van der Waals surface area (Å²) in [6, 6.07) is 8.01. The Kier molecular flexibility index (Phi) is 4.10. The first kappa shape index (κ1) is 14.5. The largest absolute Gasteiger partial charge is 0.481 e. The minimum Gasteiger partial charge on any atom is -0.481 e. The number of benzene rings is 1.